The van der Waals surface area contributed by atoms with E-state index in [1.165, 1.54) is 6.20 Å². The number of para-hydroxylation sites is 1. The second kappa shape index (κ2) is 8.36. The van der Waals surface area contributed by atoms with Crippen molar-refractivity contribution in [2.75, 3.05) is 5.32 Å². The second-order valence-corrected chi connectivity index (χ2v) is 7.43. The molecule has 0 aliphatic heterocycles. The van der Waals surface area contributed by atoms with Crippen LogP contribution in [0.5, 0.6) is 0 Å². The van der Waals surface area contributed by atoms with E-state index in [0.29, 0.717) is 28.0 Å². The Morgan fingerprint density at radius 1 is 0.935 bits per heavy atom. The Hall–Kier alpha value is -4.06. The summed E-state index contributed by atoms with van der Waals surface area (Å²) in [4.78, 5) is 43.3. The van der Waals surface area contributed by atoms with Gasteiger partial charge in [0.1, 0.15) is 12.2 Å². The Morgan fingerprint density at radius 3 is 2.35 bits per heavy atom. The molecule has 0 radical (unpaired) electrons. The largest absolute Gasteiger partial charge is 0.325 e. The predicted octanol–water partition coefficient (Wildman–Crippen LogP) is 3.88. The van der Waals surface area contributed by atoms with Crippen LogP contribution in [0.3, 0.4) is 0 Å². The van der Waals surface area contributed by atoms with E-state index in [0.717, 1.165) is 5.56 Å². The molecule has 4 rings (SSSR count). The lowest BCUT2D eigenvalue weighted by molar-refractivity contribution is -0.116. The molecule has 1 N–H and O–H groups in total. The SMILES string of the molecule is Cc1ccc(C(=O)c2cn(CC(=O)Nc3ccccc3)c3nc(C)ccc3c2=O)cc1. The summed E-state index contributed by atoms with van der Waals surface area (Å²) in [7, 11) is 0. The first-order chi connectivity index (χ1) is 14.9. The summed E-state index contributed by atoms with van der Waals surface area (Å²) in [6.45, 7) is 3.65. The number of benzene rings is 2. The molecule has 1 amide bonds. The van der Waals surface area contributed by atoms with Crippen molar-refractivity contribution in [1.29, 1.82) is 0 Å². The third-order valence-electron chi connectivity index (χ3n) is 4.99. The Labute approximate surface area is 179 Å². The molecule has 2 aromatic heterocycles. The zero-order valence-corrected chi connectivity index (χ0v) is 17.3. The molecule has 0 bridgehead atoms. The van der Waals surface area contributed by atoms with E-state index in [4.69, 9.17) is 0 Å². The minimum atomic E-state index is -0.396. The lowest BCUT2D eigenvalue weighted by atomic mass is 10.0. The first kappa shape index (κ1) is 20.2. The van der Waals surface area contributed by atoms with Crippen LogP contribution in [0.2, 0.25) is 0 Å². The lowest BCUT2D eigenvalue weighted by Gasteiger charge is -2.13. The number of amides is 1. The molecule has 154 valence electrons. The fraction of sp³-hybridized carbons (Fsp3) is 0.120. The van der Waals surface area contributed by atoms with E-state index in [2.05, 4.69) is 10.3 Å². The minimum absolute atomic E-state index is 0.00881. The molecule has 0 saturated carbocycles. The average molecular weight is 411 g/mol. The number of aromatic nitrogens is 2. The van der Waals surface area contributed by atoms with Crippen molar-refractivity contribution in [2.45, 2.75) is 20.4 Å². The molecule has 0 saturated heterocycles. The maximum absolute atomic E-state index is 13.1. The van der Waals surface area contributed by atoms with Crippen molar-refractivity contribution in [3.8, 4) is 0 Å². The number of carbonyl (C=O) groups excluding carboxylic acids is 2. The molecular formula is C25H21N3O3. The number of anilines is 1. The summed E-state index contributed by atoms with van der Waals surface area (Å²) in [5, 5.41) is 3.12. The normalized spacial score (nSPS) is 10.8. The molecule has 0 unspecified atom stereocenters. The highest BCUT2D eigenvalue weighted by Crippen LogP contribution is 2.15. The van der Waals surface area contributed by atoms with Gasteiger partial charge in [-0.2, -0.15) is 0 Å². The van der Waals surface area contributed by atoms with Crippen LogP contribution in [-0.4, -0.2) is 21.2 Å². The van der Waals surface area contributed by atoms with Crippen molar-refractivity contribution in [2.24, 2.45) is 0 Å². The number of nitrogens with zero attached hydrogens (tertiary/aromatic N) is 2. The fourth-order valence-corrected chi connectivity index (χ4v) is 3.38. The van der Waals surface area contributed by atoms with Gasteiger partial charge in [0.2, 0.25) is 11.3 Å². The number of nitrogens with one attached hydrogen (secondary N) is 1. The number of hydrogen-bond acceptors (Lipinski definition) is 4. The number of pyridine rings is 2. The van der Waals surface area contributed by atoms with Gasteiger partial charge in [-0.25, -0.2) is 4.98 Å². The highest BCUT2D eigenvalue weighted by molar-refractivity contribution is 6.10. The van der Waals surface area contributed by atoms with Crippen molar-refractivity contribution in [3.63, 3.8) is 0 Å². The smallest absolute Gasteiger partial charge is 0.244 e. The van der Waals surface area contributed by atoms with Crippen LogP contribution in [0.15, 0.2) is 77.7 Å². The van der Waals surface area contributed by atoms with Crippen molar-refractivity contribution >= 4 is 28.4 Å². The minimum Gasteiger partial charge on any atom is -0.325 e. The monoisotopic (exact) mass is 411 g/mol. The summed E-state index contributed by atoms with van der Waals surface area (Å²) >= 11 is 0. The Kier molecular flexibility index (Phi) is 5.45. The molecule has 0 aliphatic rings. The number of ketones is 1. The second-order valence-electron chi connectivity index (χ2n) is 7.43. The molecular weight excluding hydrogens is 390 g/mol. The molecule has 2 heterocycles. The fourth-order valence-electron chi connectivity index (χ4n) is 3.38. The number of aryl methyl sites for hydroxylation is 2. The number of carbonyl (C=O) groups is 2. The Balaban J connectivity index is 1.78. The van der Waals surface area contributed by atoms with Crippen molar-refractivity contribution in [1.82, 2.24) is 9.55 Å². The summed E-state index contributed by atoms with van der Waals surface area (Å²) in [6.07, 6.45) is 1.43. The van der Waals surface area contributed by atoms with Crippen LogP contribution in [0.1, 0.15) is 27.2 Å². The third-order valence-corrected chi connectivity index (χ3v) is 4.99. The molecule has 0 fully saturated rings. The van der Waals surface area contributed by atoms with Gasteiger partial charge in [0.15, 0.2) is 5.78 Å². The van der Waals surface area contributed by atoms with E-state index in [9.17, 15) is 14.4 Å². The summed E-state index contributed by atoms with van der Waals surface area (Å²) in [6, 6.07) is 19.5. The molecule has 0 aliphatic carbocycles. The van der Waals surface area contributed by atoms with Crippen LogP contribution in [-0.2, 0) is 11.3 Å². The summed E-state index contributed by atoms with van der Waals surface area (Å²) < 4.78 is 1.56. The van der Waals surface area contributed by atoms with E-state index in [1.807, 2.05) is 44.2 Å². The van der Waals surface area contributed by atoms with Gasteiger partial charge in [0, 0.05) is 23.1 Å². The molecule has 0 atom stereocenters. The van der Waals surface area contributed by atoms with Crippen LogP contribution in [0.25, 0.3) is 11.0 Å². The molecule has 31 heavy (non-hydrogen) atoms. The molecule has 4 aromatic rings. The highest BCUT2D eigenvalue weighted by atomic mass is 16.2. The first-order valence-electron chi connectivity index (χ1n) is 9.89. The van der Waals surface area contributed by atoms with Gasteiger partial charge in [-0.05, 0) is 38.1 Å². The lowest BCUT2D eigenvalue weighted by Crippen LogP contribution is -2.25. The number of hydrogen-bond donors (Lipinski definition) is 1. The number of rotatable bonds is 5. The van der Waals surface area contributed by atoms with Crippen LogP contribution in [0, 0.1) is 13.8 Å². The average Bonchev–Trinajstić information content (AvgIpc) is 2.76. The van der Waals surface area contributed by atoms with Gasteiger partial charge in [-0.15, -0.1) is 0 Å². The maximum atomic E-state index is 13.1. The Bertz CT molecular complexity index is 1340. The molecule has 6 heteroatoms. The summed E-state index contributed by atoms with van der Waals surface area (Å²) in [5.74, 6) is -0.669. The first-order valence-corrected chi connectivity index (χ1v) is 9.89. The van der Waals surface area contributed by atoms with Crippen LogP contribution >= 0.6 is 0 Å². The predicted molar refractivity (Wildman–Crippen MR) is 120 cm³/mol. The topological polar surface area (TPSA) is 81.1 Å². The van der Waals surface area contributed by atoms with E-state index < -0.39 is 5.43 Å². The van der Waals surface area contributed by atoms with Crippen molar-refractivity contribution < 1.29 is 9.59 Å². The summed E-state index contributed by atoms with van der Waals surface area (Å²) in [5.41, 5.74) is 2.79. The molecule has 6 nitrogen and oxygen atoms in total. The van der Waals surface area contributed by atoms with Gasteiger partial charge in [0.25, 0.3) is 0 Å². The quantitative estimate of drug-likeness (QED) is 0.505. The van der Waals surface area contributed by atoms with E-state index in [-0.39, 0.29) is 23.8 Å². The number of fused-ring (bicyclic) bond motifs is 1. The van der Waals surface area contributed by atoms with Gasteiger partial charge < -0.3 is 9.88 Å². The van der Waals surface area contributed by atoms with E-state index in [1.54, 1.807) is 41.0 Å². The zero-order valence-electron chi connectivity index (χ0n) is 17.3. The van der Waals surface area contributed by atoms with Gasteiger partial charge >= 0.3 is 0 Å². The van der Waals surface area contributed by atoms with E-state index >= 15 is 0 Å². The third kappa shape index (κ3) is 4.28. The highest BCUT2D eigenvalue weighted by Gasteiger charge is 2.19. The molecule has 0 spiro atoms. The van der Waals surface area contributed by atoms with Gasteiger partial charge in [-0.1, -0.05) is 48.0 Å². The van der Waals surface area contributed by atoms with Gasteiger partial charge in [0.05, 0.1) is 10.9 Å². The zero-order chi connectivity index (χ0) is 22.0. The standard InChI is InChI=1S/C25H21N3O3/c1-16-8-11-18(12-9-16)23(30)21-14-28(15-22(29)27-19-6-4-3-5-7-19)25-20(24(21)31)13-10-17(2)26-25/h3-14H,15H2,1-2H3,(H,27,29). The van der Waals surface area contributed by atoms with Crippen LogP contribution < -0.4 is 10.7 Å². The maximum Gasteiger partial charge on any atom is 0.244 e. The Morgan fingerprint density at radius 2 is 1.65 bits per heavy atom. The van der Waals surface area contributed by atoms with Crippen LogP contribution in [0.4, 0.5) is 5.69 Å². The van der Waals surface area contributed by atoms with Gasteiger partial charge in [-0.3, -0.25) is 14.4 Å². The van der Waals surface area contributed by atoms with Crippen molar-refractivity contribution in [3.05, 3.63) is 106 Å². The molecule has 2 aromatic carbocycles.